The number of carbonyl (C=O) groups is 1. The quantitative estimate of drug-likeness (QED) is 0.480. The third kappa shape index (κ3) is 4.40. The monoisotopic (exact) mass is 284 g/mol. The number of hydrogen-bond donors (Lipinski definition) is 2. The number of hydrazine groups is 1. The number of ether oxygens (including phenoxy) is 1. The van der Waals surface area contributed by atoms with Gasteiger partial charge < -0.3 is 4.74 Å². The van der Waals surface area contributed by atoms with Crippen LogP contribution in [-0.2, 0) is 4.79 Å². The summed E-state index contributed by atoms with van der Waals surface area (Å²) < 4.78 is 5.84. The largest absolute Gasteiger partial charge is 0.480 e. The lowest BCUT2D eigenvalue weighted by atomic mass is 10.1. The average molecular weight is 285 g/mol. The molecule has 0 aliphatic rings. The van der Waals surface area contributed by atoms with Crippen molar-refractivity contribution in [1.82, 2.24) is 5.43 Å². The van der Waals surface area contributed by atoms with E-state index in [0.29, 0.717) is 17.2 Å². The van der Waals surface area contributed by atoms with Crippen LogP contribution >= 0.6 is 11.6 Å². The van der Waals surface area contributed by atoms with Crippen LogP contribution in [0.15, 0.2) is 12.1 Å². The van der Waals surface area contributed by atoms with E-state index in [9.17, 15) is 4.79 Å². The molecule has 0 saturated carbocycles. The lowest BCUT2D eigenvalue weighted by molar-refractivity contribution is -0.128. The minimum absolute atomic E-state index is 0.304. The predicted octanol–water partition coefficient (Wildman–Crippen LogP) is 2.88. The summed E-state index contributed by atoms with van der Waals surface area (Å²) in [4.78, 5) is 11.7. The molecule has 0 aliphatic carbocycles. The summed E-state index contributed by atoms with van der Waals surface area (Å²) in [7, 11) is 0. The molecule has 0 bridgehead atoms. The van der Waals surface area contributed by atoms with E-state index < -0.39 is 6.10 Å². The topological polar surface area (TPSA) is 64.3 Å². The van der Waals surface area contributed by atoms with E-state index >= 15 is 0 Å². The van der Waals surface area contributed by atoms with Gasteiger partial charge in [0.15, 0.2) is 6.10 Å². The van der Waals surface area contributed by atoms with Crippen molar-refractivity contribution in [3.63, 3.8) is 0 Å². The highest BCUT2D eigenvalue weighted by Crippen LogP contribution is 2.28. The Hall–Kier alpha value is -1.26. The highest BCUT2D eigenvalue weighted by Gasteiger charge is 2.20. The number of unbranched alkanes of at least 4 members (excludes halogenated alkanes) is 1. The third-order valence-corrected chi connectivity index (χ3v) is 3.16. The van der Waals surface area contributed by atoms with Crippen LogP contribution in [0.5, 0.6) is 5.75 Å². The number of amides is 1. The van der Waals surface area contributed by atoms with E-state index in [0.717, 1.165) is 24.0 Å². The van der Waals surface area contributed by atoms with Gasteiger partial charge in [-0.15, -0.1) is 0 Å². The molecule has 19 heavy (non-hydrogen) atoms. The molecule has 0 radical (unpaired) electrons. The van der Waals surface area contributed by atoms with Crippen molar-refractivity contribution in [2.45, 2.75) is 46.1 Å². The van der Waals surface area contributed by atoms with E-state index in [2.05, 4.69) is 12.3 Å². The van der Waals surface area contributed by atoms with E-state index in [1.165, 1.54) is 0 Å². The number of nitrogens with one attached hydrogen (secondary N) is 1. The molecule has 106 valence electrons. The summed E-state index contributed by atoms with van der Waals surface area (Å²) in [6, 6.07) is 3.64. The van der Waals surface area contributed by atoms with Crippen molar-refractivity contribution >= 4 is 17.5 Å². The van der Waals surface area contributed by atoms with Gasteiger partial charge in [0, 0.05) is 5.02 Å². The molecule has 5 heteroatoms. The Balaban J connectivity index is 2.92. The Kier molecular flexibility index (Phi) is 6.12. The molecular weight excluding hydrogens is 264 g/mol. The number of nitrogens with two attached hydrogens (primary N) is 1. The van der Waals surface area contributed by atoms with Crippen LogP contribution in [0.1, 0.15) is 37.3 Å². The maximum Gasteiger partial charge on any atom is 0.274 e. The van der Waals surface area contributed by atoms with E-state index in [1.807, 2.05) is 26.0 Å². The van der Waals surface area contributed by atoms with Crippen LogP contribution in [0.2, 0.25) is 5.02 Å². The first-order valence-corrected chi connectivity index (χ1v) is 6.81. The predicted molar refractivity (Wildman–Crippen MR) is 77.2 cm³/mol. The first-order valence-electron chi connectivity index (χ1n) is 6.43. The second-order valence-electron chi connectivity index (χ2n) is 4.63. The van der Waals surface area contributed by atoms with Gasteiger partial charge in [0.2, 0.25) is 0 Å². The van der Waals surface area contributed by atoms with Gasteiger partial charge in [0.05, 0.1) is 0 Å². The number of benzene rings is 1. The Morgan fingerprint density at radius 2 is 2.00 bits per heavy atom. The summed E-state index contributed by atoms with van der Waals surface area (Å²) >= 11 is 5.98. The lowest BCUT2D eigenvalue weighted by Gasteiger charge is -2.20. The standard InChI is InChI=1S/C14H21ClN2O2/c1-4-5-6-12(14(18)17-16)19-13-9(2)7-11(15)8-10(13)3/h7-8,12H,4-6,16H2,1-3H3,(H,17,18). The minimum atomic E-state index is -0.566. The minimum Gasteiger partial charge on any atom is -0.480 e. The van der Waals surface area contributed by atoms with Crippen LogP contribution in [-0.4, -0.2) is 12.0 Å². The first-order chi connectivity index (χ1) is 8.99. The van der Waals surface area contributed by atoms with Crippen molar-refractivity contribution in [3.05, 3.63) is 28.3 Å². The highest BCUT2D eigenvalue weighted by molar-refractivity contribution is 6.30. The van der Waals surface area contributed by atoms with Gasteiger partial charge in [-0.3, -0.25) is 10.2 Å². The fraction of sp³-hybridized carbons (Fsp3) is 0.500. The zero-order valence-corrected chi connectivity index (χ0v) is 12.4. The first kappa shape index (κ1) is 15.8. The molecule has 3 N–H and O–H groups in total. The van der Waals surface area contributed by atoms with Crippen molar-refractivity contribution in [3.8, 4) is 5.75 Å². The summed E-state index contributed by atoms with van der Waals surface area (Å²) in [5, 5.41) is 0.663. The molecule has 0 fully saturated rings. The number of hydrogen-bond acceptors (Lipinski definition) is 3. The molecule has 1 amide bonds. The Bertz CT molecular complexity index is 426. The molecule has 1 rings (SSSR count). The molecular formula is C14H21ClN2O2. The Labute approximate surface area is 119 Å². The van der Waals surface area contributed by atoms with Gasteiger partial charge in [0.1, 0.15) is 5.75 Å². The zero-order chi connectivity index (χ0) is 14.4. The summed E-state index contributed by atoms with van der Waals surface area (Å²) in [6.45, 7) is 5.88. The SMILES string of the molecule is CCCCC(Oc1c(C)cc(Cl)cc1C)C(=O)NN. The molecule has 1 unspecified atom stereocenters. The molecule has 0 saturated heterocycles. The maximum atomic E-state index is 11.7. The zero-order valence-electron chi connectivity index (χ0n) is 11.6. The molecule has 0 spiro atoms. The summed E-state index contributed by atoms with van der Waals surface area (Å²) in [5.74, 6) is 5.60. The van der Waals surface area contributed by atoms with Crippen LogP contribution < -0.4 is 16.0 Å². The van der Waals surface area contributed by atoms with Gasteiger partial charge >= 0.3 is 0 Å². The van der Waals surface area contributed by atoms with Crippen molar-refractivity contribution in [2.24, 2.45) is 5.84 Å². The van der Waals surface area contributed by atoms with Gasteiger partial charge in [-0.25, -0.2) is 5.84 Å². The van der Waals surface area contributed by atoms with Crippen LogP contribution in [0.4, 0.5) is 0 Å². The van der Waals surface area contributed by atoms with E-state index in [-0.39, 0.29) is 5.91 Å². The fourth-order valence-electron chi connectivity index (χ4n) is 1.95. The molecule has 0 heterocycles. The smallest absolute Gasteiger partial charge is 0.274 e. The van der Waals surface area contributed by atoms with Gasteiger partial charge in [-0.2, -0.15) is 0 Å². The van der Waals surface area contributed by atoms with E-state index in [4.69, 9.17) is 22.2 Å². The highest BCUT2D eigenvalue weighted by atomic mass is 35.5. The third-order valence-electron chi connectivity index (χ3n) is 2.94. The molecule has 1 aromatic rings. The maximum absolute atomic E-state index is 11.7. The van der Waals surface area contributed by atoms with Crippen LogP contribution in [0.3, 0.4) is 0 Å². The van der Waals surface area contributed by atoms with Crippen LogP contribution in [0, 0.1) is 13.8 Å². The Morgan fingerprint density at radius 1 is 1.42 bits per heavy atom. The lowest BCUT2D eigenvalue weighted by Crippen LogP contribution is -2.42. The summed E-state index contributed by atoms with van der Waals surface area (Å²) in [5.41, 5.74) is 3.98. The number of carbonyl (C=O) groups excluding carboxylic acids is 1. The molecule has 1 aromatic carbocycles. The van der Waals surface area contributed by atoms with E-state index in [1.54, 1.807) is 0 Å². The normalized spacial score (nSPS) is 12.1. The molecule has 0 aromatic heterocycles. The number of rotatable bonds is 6. The van der Waals surface area contributed by atoms with Crippen molar-refractivity contribution in [1.29, 1.82) is 0 Å². The average Bonchev–Trinajstić information content (AvgIpc) is 2.36. The fourth-order valence-corrected chi connectivity index (χ4v) is 2.28. The summed E-state index contributed by atoms with van der Waals surface area (Å²) in [6.07, 6.45) is 1.98. The Morgan fingerprint density at radius 3 is 2.47 bits per heavy atom. The molecule has 4 nitrogen and oxygen atoms in total. The van der Waals surface area contributed by atoms with Gasteiger partial charge in [-0.05, 0) is 49.9 Å². The number of aryl methyl sites for hydroxylation is 2. The van der Waals surface area contributed by atoms with Crippen LogP contribution in [0.25, 0.3) is 0 Å². The number of halogens is 1. The van der Waals surface area contributed by atoms with Crippen molar-refractivity contribution < 1.29 is 9.53 Å². The van der Waals surface area contributed by atoms with Gasteiger partial charge in [-0.1, -0.05) is 24.9 Å². The second-order valence-corrected chi connectivity index (χ2v) is 5.06. The molecule has 0 aliphatic heterocycles. The second kappa shape index (κ2) is 7.36. The van der Waals surface area contributed by atoms with Gasteiger partial charge in [0.25, 0.3) is 5.91 Å². The molecule has 1 atom stereocenters. The van der Waals surface area contributed by atoms with Crippen molar-refractivity contribution in [2.75, 3.05) is 0 Å².